The number of amides is 2. The molecular formula is C21H26N2O3. The molecule has 5 nitrogen and oxygen atoms in total. The zero-order chi connectivity index (χ0) is 18.5. The zero-order valence-corrected chi connectivity index (χ0v) is 15.4. The lowest BCUT2D eigenvalue weighted by Gasteiger charge is -2.37. The maximum atomic E-state index is 12.8. The highest BCUT2D eigenvalue weighted by Gasteiger charge is 2.34. The monoisotopic (exact) mass is 354 g/mol. The molecule has 1 aliphatic heterocycles. The molecule has 0 spiro atoms. The first-order valence-corrected chi connectivity index (χ1v) is 9.30. The largest absolute Gasteiger partial charge is 0.472 e. The highest BCUT2D eigenvalue weighted by Crippen LogP contribution is 2.31. The van der Waals surface area contributed by atoms with Crippen molar-refractivity contribution in [1.82, 2.24) is 10.2 Å². The molecular weight excluding hydrogens is 328 g/mol. The molecule has 0 saturated carbocycles. The van der Waals surface area contributed by atoms with Crippen LogP contribution < -0.4 is 5.32 Å². The van der Waals surface area contributed by atoms with Crippen LogP contribution in [0, 0.1) is 5.92 Å². The Bertz CT molecular complexity index is 737. The van der Waals surface area contributed by atoms with Gasteiger partial charge in [0, 0.05) is 25.6 Å². The molecule has 0 radical (unpaired) electrons. The van der Waals surface area contributed by atoms with E-state index in [1.165, 1.54) is 23.7 Å². The van der Waals surface area contributed by atoms with Crippen molar-refractivity contribution in [3.63, 3.8) is 0 Å². The quantitative estimate of drug-likeness (QED) is 0.897. The van der Waals surface area contributed by atoms with Gasteiger partial charge in [-0.25, -0.2) is 0 Å². The molecule has 2 heterocycles. The summed E-state index contributed by atoms with van der Waals surface area (Å²) in [5, 5.41) is 2.90. The Kier molecular flexibility index (Phi) is 5.76. The number of rotatable bonds is 5. The lowest BCUT2D eigenvalue weighted by atomic mass is 9.83. The van der Waals surface area contributed by atoms with Gasteiger partial charge in [0.15, 0.2) is 0 Å². The number of carbonyl (C=O) groups is 2. The second kappa shape index (κ2) is 8.21. The van der Waals surface area contributed by atoms with Gasteiger partial charge in [0.05, 0.1) is 17.7 Å². The van der Waals surface area contributed by atoms with Crippen molar-refractivity contribution in [2.24, 2.45) is 5.92 Å². The maximum absolute atomic E-state index is 12.8. The molecule has 2 aromatic rings. The topological polar surface area (TPSA) is 62.6 Å². The molecule has 1 saturated heterocycles. The summed E-state index contributed by atoms with van der Waals surface area (Å²) in [5.74, 6) is -0.108. The SMILES string of the molecule is CCNC(=O)[C@H]1C[C@@H](c2ccc(CC)cc2)CN(C(=O)c2ccoc2)C1. The minimum absolute atomic E-state index is 0.0207. The van der Waals surface area contributed by atoms with E-state index in [2.05, 4.69) is 36.5 Å². The fourth-order valence-electron chi connectivity index (χ4n) is 3.61. The summed E-state index contributed by atoms with van der Waals surface area (Å²) in [6, 6.07) is 10.2. The second-order valence-electron chi connectivity index (χ2n) is 6.84. The Hall–Kier alpha value is -2.56. The molecule has 2 atom stereocenters. The smallest absolute Gasteiger partial charge is 0.257 e. The third-order valence-electron chi connectivity index (χ3n) is 5.09. The normalized spacial score (nSPS) is 20.0. The van der Waals surface area contributed by atoms with Gasteiger partial charge in [-0.2, -0.15) is 0 Å². The van der Waals surface area contributed by atoms with Gasteiger partial charge < -0.3 is 14.6 Å². The maximum Gasteiger partial charge on any atom is 0.257 e. The summed E-state index contributed by atoms with van der Waals surface area (Å²) in [5.41, 5.74) is 3.00. The number of likely N-dealkylation sites (tertiary alicyclic amines) is 1. The molecule has 1 aliphatic rings. The van der Waals surface area contributed by atoms with Crippen molar-refractivity contribution in [3.05, 3.63) is 59.5 Å². The molecule has 2 amide bonds. The lowest BCUT2D eigenvalue weighted by molar-refractivity contribution is -0.126. The number of furan rings is 1. The molecule has 1 aromatic carbocycles. The van der Waals surface area contributed by atoms with Crippen LogP contribution in [0.15, 0.2) is 47.3 Å². The van der Waals surface area contributed by atoms with Crippen LogP contribution in [0.25, 0.3) is 0 Å². The summed E-state index contributed by atoms with van der Waals surface area (Å²) < 4.78 is 5.05. The number of benzene rings is 1. The van der Waals surface area contributed by atoms with E-state index in [1.807, 2.05) is 6.92 Å². The summed E-state index contributed by atoms with van der Waals surface area (Å²) in [6.45, 7) is 5.70. The molecule has 138 valence electrons. The van der Waals surface area contributed by atoms with E-state index in [0.29, 0.717) is 25.2 Å². The highest BCUT2D eigenvalue weighted by atomic mass is 16.3. The molecule has 0 bridgehead atoms. The Morgan fingerprint density at radius 1 is 1.15 bits per heavy atom. The van der Waals surface area contributed by atoms with Crippen molar-refractivity contribution in [1.29, 1.82) is 0 Å². The van der Waals surface area contributed by atoms with E-state index in [9.17, 15) is 9.59 Å². The fourth-order valence-corrected chi connectivity index (χ4v) is 3.61. The average Bonchev–Trinajstić information content (AvgIpc) is 3.22. The number of piperidine rings is 1. The van der Waals surface area contributed by atoms with Crippen LogP contribution in [-0.2, 0) is 11.2 Å². The Morgan fingerprint density at radius 2 is 1.92 bits per heavy atom. The summed E-state index contributed by atoms with van der Waals surface area (Å²) >= 11 is 0. The van der Waals surface area contributed by atoms with Crippen molar-refractivity contribution in [2.45, 2.75) is 32.6 Å². The first kappa shape index (κ1) is 18.2. The number of hydrogen-bond donors (Lipinski definition) is 1. The minimum Gasteiger partial charge on any atom is -0.472 e. The van der Waals surface area contributed by atoms with E-state index in [0.717, 1.165) is 12.8 Å². The second-order valence-corrected chi connectivity index (χ2v) is 6.84. The van der Waals surface area contributed by atoms with Gasteiger partial charge in [-0.15, -0.1) is 0 Å². The van der Waals surface area contributed by atoms with Crippen LogP contribution in [0.1, 0.15) is 47.7 Å². The Balaban J connectivity index is 1.83. The van der Waals surface area contributed by atoms with E-state index in [-0.39, 0.29) is 23.7 Å². The van der Waals surface area contributed by atoms with E-state index >= 15 is 0 Å². The Morgan fingerprint density at radius 3 is 2.54 bits per heavy atom. The third-order valence-corrected chi connectivity index (χ3v) is 5.09. The number of hydrogen-bond acceptors (Lipinski definition) is 3. The molecule has 5 heteroatoms. The fraction of sp³-hybridized carbons (Fsp3) is 0.429. The van der Waals surface area contributed by atoms with Crippen LogP contribution in [0.2, 0.25) is 0 Å². The lowest BCUT2D eigenvalue weighted by Crippen LogP contribution is -2.48. The average molecular weight is 354 g/mol. The molecule has 0 unspecified atom stereocenters. The first-order chi connectivity index (χ1) is 12.6. The standard InChI is InChI=1S/C21H26N2O3/c1-3-15-5-7-16(8-6-15)18-11-19(20(24)22-4-2)13-23(12-18)21(25)17-9-10-26-14-17/h5-10,14,18-19H,3-4,11-13H2,1-2H3,(H,22,24)/t18-,19+/m1/s1. The number of nitrogens with zero attached hydrogens (tertiary/aromatic N) is 1. The van der Waals surface area contributed by atoms with Crippen LogP contribution in [-0.4, -0.2) is 36.3 Å². The molecule has 1 fully saturated rings. The van der Waals surface area contributed by atoms with Crippen molar-refractivity contribution in [2.75, 3.05) is 19.6 Å². The van der Waals surface area contributed by atoms with Crippen LogP contribution in [0.3, 0.4) is 0 Å². The summed E-state index contributed by atoms with van der Waals surface area (Å²) in [7, 11) is 0. The van der Waals surface area contributed by atoms with Gasteiger partial charge in [0.1, 0.15) is 6.26 Å². The van der Waals surface area contributed by atoms with Gasteiger partial charge >= 0.3 is 0 Å². The first-order valence-electron chi connectivity index (χ1n) is 9.30. The van der Waals surface area contributed by atoms with Gasteiger partial charge in [-0.05, 0) is 37.0 Å². The van der Waals surface area contributed by atoms with E-state index < -0.39 is 0 Å². The predicted molar refractivity (Wildman–Crippen MR) is 100.0 cm³/mol. The predicted octanol–water partition coefficient (Wildman–Crippen LogP) is 3.22. The van der Waals surface area contributed by atoms with Gasteiger partial charge in [0.25, 0.3) is 5.91 Å². The van der Waals surface area contributed by atoms with Gasteiger partial charge in [0.2, 0.25) is 5.91 Å². The van der Waals surface area contributed by atoms with Gasteiger partial charge in [-0.1, -0.05) is 31.2 Å². The highest BCUT2D eigenvalue weighted by molar-refractivity contribution is 5.94. The van der Waals surface area contributed by atoms with Crippen LogP contribution in [0.4, 0.5) is 0 Å². The van der Waals surface area contributed by atoms with Crippen molar-refractivity contribution >= 4 is 11.8 Å². The zero-order valence-electron chi connectivity index (χ0n) is 15.4. The third kappa shape index (κ3) is 3.98. The van der Waals surface area contributed by atoms with Crippen LogP contribution >= 0.6 is 0 Å². The minimum atomic E-state index is -0.199. The summed E-state index contributed by atoms with van der Waals surface area (Å²) in [6.07, 6.45) is 4.71. The molecule has 1 N–H and O–H groups in total. The summed E-state index contributed by atoms with van der Waals surface area (Å²) in [4.78, 5) is 27.0. The number of carbonyl (C=O) groups excluding carboxylic acids is 2. The molecule has 26 heavy (non-hydrogen) atoms. The van der Waals surface area contributed by atoms with Crippen LogP contribution in [0.5, 0.6) is 0 Å². The van der Waals surface area contributed by atoms with E-state index in [4.69, 9.17) is 4.42 Å². The van der Waals surface area contributed by atoms with E-state index in [1.54, 1.807) is 11.0 Å². The molecule has 1 aromatic heterocycles. The van der Waals surface area contributed by atoms with Crippen molar-refractivity contribution < 1.29 is 14.0 Å². The number of aryl methyl sites for hydroxylation is 1. The molecule has 3 rings (SSSR count). The molecule has 0 aliphatic carbocycles. The van der Waals surface area contributed by atoms with Crippen molar-refractivity contribution in [3.8, 4) is 0 Å². The Labute approximate surface area is 154 Å². The van der Waals surface area contributed by atoms with Gasteiger partial charge in [-0.3, -0.25) is 9.59 Å². The number of nitrogens with one attached hydrogen (secondary N) is 1.